The topological polar surface area (TPSA) is 61.8 Å². The Labute approximate surface area is 146 Å². The Kier molecular flexibility index (Phi) is 4.74. The minimum absolute atomic E-state index is 0.499. The predicted octanol–water partition coefficient (Wildman–Crippen LogP) is 4.26. The van der Waals surface area contributed by atoms with Gasteiger partial charge in [0.15, 0.2) is 0 Å². The molecule has 130 valence electrons. The zero-order valence-corrected chi connectivity index (χ0v) is 14.4. The Morgan fingerprint density at radius 1 is 1.04 bits per heavy atom. The highest BCUT2D eigenvalue weighted by molar-refractivity contribution is 5.99. The van der Waals surface area contributed by atoms with E-state index in [0.29, 0.717) is 11.5 Å². The molecule has 0 N–H and O–H groups in total. The van der Waals surface area contributed by atoms with Crippen LogP contribution in [0.3, 0.4) is 0 Å². The normalized spacial score (nSPS) is 13.0. The van der Waals surface area contributed by atoms with E-state index in [9.17, 15) is 9.59 Å². The summed E-state index contributed by atoms with van der Waals surface area (Å²) in [6.45, 7) is 5.43. The Morgan fingerprint density at radius 3 is 2.28 bits per heavy atom. The van der Waals surface area contributed by atoms with Gasteiger partial charge in [-0.25, -0.2) is 9.59 Å². The van der Waals surface area contributed by atoms with Crippen LogP contribution in [0.15, 0.2) is 30.9 Å². The summed E-state index contributed by atoms with van der Waals surface area (Å²) in [4.78, 5) is 23.6. The lowest BCUT2D eigenvalue weighted by atomic mass is 9.87. The van der Waals surface area contributed by atoms with Crippen LogP contribution in [-0.4, -0.2) is 19.2 Å². The Morgan fingerprint density at radius 2 is 1.68 bits per heavy atom. The molecule has 0 aliphatic heterocycles. The lowest BCUT2D eigenvalue weighted by Crippen LogP contribution is -2.15. The standard InChI is InChI=1S/C20H20O5/c1-4-17(21)24-18-13-7-5-6-8-14(13)19(25-20(22)23-3)16-11-12(2)9-10-15(16)18/h4,9-11H,1,5-8H2,2-3H3. The van der Waals surface area contributed by atoms with Gasteiger partial charge in [-0.2, -0.15) is 0 Å². The second kappa shape index (κ2) is 6.97. The van der Waals surface area contributed by atoms with Crippen LogP contribution in [0.25, 0.3) is 10.8 Å². The maximum absolute atomic E-state index is 11.8. The van der Waals surface area contributed by atoms with Gasteiger partial charge >= 0.3 is 12.1 Å². The van der Waals surface area contributed by atoms with Gasteiger partial charge in [-0.3, -0.25) is 0 Å². The number of ether oxygens (including phenoxy) is 3. The molecule has 2 aromatic rings. The molecule has 0 atom stereocenters. The number of benzene rings is 2. The molecule has 25 heavy (non-hydrogen) atoms. The van der Waals surface area contributed by atoms with Gasteiger partial charge in [0.05, 0.1) is 7.11 Å². The summed E-state index contributed by atoms with van der Waals surface area (Å²) in [5.74, 6) is 0.529. The first-order valence-corrected chi connectivity index (χ1v) is 8.23. The van der Waals surface area contributed by atoms with Crippen molar-refractivity contribution in [2.75, 3.05) is 7.11 Å². The SMILES string of the molecule is C=CC(=O)Oc1c2c(c(OC(=O)OC)c3cc(C)ccc13)CCCC2. The molecule has 0 saturated heterocycles. The largest absolute Gasteiger partial charge is 0.513 e. The summed E-state index contributed by atoms with van der Waals surface area (Å²) < 4.78 is 15.7. The molecule has 1 aliphatic rings. The fourth-order valence-electron chi connectivity index (χ4n) is 3.28. The lowest BCUT2D eigenvalue weighted by molar-refractivity contribution is -0.128. The van der Waals surface area contributed by atoms with E-state index >= 15 is 0 Å². The quantitative estimate of drug-likeness (QED) is 0.361. The first-order valence-electron chi connectivity index (χ1n) is 8.23. The van der Waals surface area contributed by atoms with Crippen LogP contribution in [-0.2, 0) is 22.4 Å². The summed E-state index contributed by atoms with van der Waals surface area (Å²) in [6.07, 6.45) is 3.87. The molecule has 1 aliphatic carbocycles. The monoisotopic (exact) mass is 340 g/mol. The van der Waals surface area contributed by atoms with Crippen molar-refractivity contribution in [1.29, 1.82) is 0 Å². The van der Waals surface area contributed by atoms with Crippen LogP contribution in [0.1, 0.15) is 29.5 Å². The molecule has 5 nitrogen and oxygen atoms in total. The Balaban J connectivity index is 2.32. The third-order valence-electron chi connectivity index (χ3n) is 4.40. The smallest absolute Gasteiger partial charge is 0.437 e. The zero-order chi connectivity index (χ0) is 18.0. The Hall–Kier alpha value is -2.82. The van der Waals surface area contributed by atoms with E-state index in [1.807, 2.05) is 25.1 Å². The molecule has 0 spiro atoms. The number of carbonyl (C=O) groups excluding carboxylic acids is 2. The van der Waals surface area contributed by atoms with E-state index in [2.05, 4.69) is 11.3 Å². The van der Waals surface area contributed by atoms with Gasteiger partial charge in [0.1, 0.15) is 11.5 Å². The van der Waals surface area contributed by atoms with Gasteiger partial charge in [0.2, 0.25) is 0 Å². The predicted molar refractivity (Wildman–Crippen MR) is 94.2 cm³/mol. The molecule has 0 fully saturated rings. The highest BCUT2D eigenvalue weighted by Gasteiger charge is 2.26. The number of hydrogen-bond acceptors (Lipinski definition) is 5. The molecule has 2 aromatic carbocycles. The van der Waals surface area contributed by atoms with Gasteiger partial charge in [0.25, 0.3) is 0 Å². The molecular formula is C20H20O5. The summed E-state index contributed by atoms with van der Waals surface area (Å²) in [7, 11) is 1.28. The van der Waals surface area contributed by atoms with E-state index in [0.717, 1.165) is 59.2 Å². The molecule has 0 radical (unpaired) electrons. The van der Waals surface area contributed by atoms with E-state index in [1.54, 1.807) is 0 Å². The summed E-state index contributed by atoms with van der Waals surface area (Å²) in [5.41, 5.74) is 2.83. The molecule has 0 bridgehead atoms. The highest BCUT2D eigenvalue weighted by atomic mass is 16.7. The second-order valence-electron chi connectivity index (χ2n) is 6.05. The van der Waals surface area contributed by atoms with Crippen molar-refractivity contribution in [1.82, 2.24) is 0 Å². The maximum atomic E-state index is 11.8. The van der Waals surface area contributed by atoms with Crippen molar-refractivity contribution >= 4 is 22.9 Å². The van der Waals surface area contributed by atoms with Crippen molar-refractivity contribution < 1.29 is 23.8 Å². The minimum Gasteiger partial charge on any atom is -0.437 e. The lowest BCUT2D eigenvalue weighted by Gasteiger charge is -2.24. The van der Waals surface area contributed by atoms with E-state index in [4.69, 9.17) is 9.47 Å². The molecule has 5 heteroatoms. The highest BCUT2D eigenvalue weighted by Crippen LogP contribution is 2.44. The van der Waals surface area contributed by atoms with Crippen molar-refractivity contribution in [3.63, 3.8) is 0 Å². The van der Waals surface area contributed by atoms with E-state index in [-0.39, 0.29) is 0 Å². The fourth-order valence-corrected chi connectivity index (χ4v) is 3.28. The van der Waals surface area contributed by atoms with Gasteiger partial charge in [0, 0.05) is 28.0 Å². The first kappa shape index (κ1) is 17.0. The number of aryl methyl sites for hydroxylation is 1. The van der Waals surface area contributed by atoms with Crippen LogP contribution >= 0.6 is 0 Å². The number of fused-ring (bicyclic) bond motifs is 2. The van der Waals surface area contributed by atoms with E-state index in [1.165, 1.54) is 7.11 Å². The number of hydrogen-bond donors (Lipinski definition) is 0. The van der Waals surface area contributed by atoms with Crippen LogP contribution in [0.2, 0.25) is 0 Å². The van der Waals surface area contributed by atoms with Crippen molar-refractivity contribution in [2.24, 2.45) is 0 Å². The van der Waals surface area contributed by atoms with Crippen LogP contribution in [0, 0.1) is 6.92 Å². The first-order chi connectivity index (χ1) is 12.0. The number of esters is 1. The molecule has 0 aromatic heterocycles. The maximum Gasteiger partial charge on any atom is 0.513 e. The Bertz CT molecular complexity index is 866. The average molecular weight is 340 g/mol. The number of methoxy groups -OCH3 is 1. The van der Waals surface area contributed by atoms with Gasteiger partial charge in [-0.05, 0) is 38.7 Å². The minimum atomic E-state index is -0.758. The molecule has 0 heterocycles. The van der Waals surface area contributed by atoms with E-state index < -0.39 is 12.1 Å². The van der Waals surface area contributed by atoms with Gasteiger partial charge < -0.3 is 14.2 Å². The fraction of sp³-hybridized carbons (Fsp3) is 0.300. The second-order valence-corrected chi connectivity index (χ2v) is 6.05. The molecular weight excluding hydrogens is 320 g/mol. The summed E-state index contributed by atoms with van der Waals surface area (Å²) >= 11 is 0. The number of carbonyl (C=O) groups is 2. The summed E-state index contributed by atoms with van der Waals surface area (Å²) in [5, 5.41) is 1.47. The third-order valence-corrected chi connectivity index (χ3v) is 4.40. The van der Waals surface area contributed by atoms with Crippen molar-refractivity contribution in [3.8, 4) is 11.5 Å². The van der Waals surface area contributed by atoms with Crippen LogP contribution < -0.4 is 9.47 Å². The van der Waals surface area contributed by atoms with Crippen LogP contribution in [0.4, 0.5) is 4.79 Å². The van der Waals surface area contributed by atoms with Gasteiger partial charge in [-0.1, -0.05) is 24.3 Å². The molecule has 0 saturated carbocycles. The van der Waals surface area contributed by atoms with Crippen molar-refractivity contribution in [2.45, 2.75) is 32.6 Å². The third kappa shape index (κ3) is 3.22. The van der Waals surface area contributed by atoms with Gasteiger partial charge in [-0.15, -0.1) is 0 Å². The van der Waals surface area contributed by atoms with Crippen molar-refractivity contribution in [3.05, 3.63) is 47.5 Å². The zero-order valence-electron chi connectivity index (χ0n) is 14.4. The molecule has 0 unspecified atom stereocenters. The average Bonchev–Trinajstić information content (AvgIpc) is 2.63. The molecule has 0 amide bonds. The number of rotatable bonds is 3. The molecule has 3 rings (SSSR count). The van der Waals surface area contributed by atoms with Crippen LogP contribution in [0.5, 0.6) is 11.5 Å². The summed E-state index contributed by atoms with van der Waals surface area (Å²) in [6, 6.07) is 5.74.